The van der Waals surface area contributed by atoms with E-state index in [9.17, 15) is 9.59 Å². The third-order valence-corrected chi connectivity index (χ3v) is 3.85. The number of carbonyl (C=O) groups is 2. The normalized spacial score (nSPS) is 21.7. The van der Waals surface area contributed by atoms with Crippen molar-refractivity contribution in [3.8, 4) is 0 Å². The first kappa shape index (κ1) is 15.4. The van der Waals surface area contributed by atoms with Crippen molar-refractivity contribution in [1.82, 2.24) is 4.90 Å². The van der Waals surface area contributed by atoms with Crippen LogP contribution < -0.4 is 0 Å². The Morgan fingerprint density at radius 2 is 2.00 bits per heavy atom. The van der Waals surface area contributed by atoms with Crippen LogP contribution in [-0.4, -0.2) is 36.7 Å². The third kappa shape index (κ3) is 3.97. The van der Waals surface area contributed by atoms with Crippen molar-refractivity contribution in [1.29, 1.82) is 0 Å². The highest BCUT2D eigenvalue weighted by Gasteiger charge is 2.33. The fourth-order valence-electron chi connectivity index (χ4n) is 2.63. The highest BCUT2D eigenvalue weighted by atomic mass is 16.6. The van der Waals surface area contributed by atoms with Gasteiger partial charge in [0.25, 0.3) is 0 Å². The Balaban J connectivity index is 1.85. The number of esters is 1. The number of methoxy groups -OCH3 is 1. The number of amides is 1. The number of benzene rings is 1. The van der Waals surface area contributed by atoms with E-state index in [1.807, 2.05) is 37.3 Å². The number of carbonyl (C=O) groups excluding carboxylic acids is 2. The Bertz CT molecular complexity index is 488. The lowest BCUT2D eigenvalue weighted by molar-refractivity contribution is -0.147. The van der Waals surface area contributed by atoms with E-state index in [-0.39, 0.29) is 30.6 Å². The summed E-state index contributed by atoms with van der Waals surface area (Å²) < 4.78 is 10.1. The van der Waals surface area contributed by atoms with Crippen molar-refractivity contribution in [3.05, 3.63) is 35.9 Å². The van der Waals surface area contributed by atoms with Gasteiger partial charge in [0.15, 0.2) is 0 Å². The summed E-state index contributed by atoms with van der Waals surface area (Å²) in [6.07, 6.45) is 0.916. The van der Waals surface area contributed by atoms with Gasteiger partial charge in [-0.2, -0.15) is 0 Å². The van der Waals surface area contributed by atoms with Crippen molar-refractivity contribution in [2.24, 2.45) is 5.92 Å². The van der Waals surface area contributed by atoms with Crippen LogP contribution in [0.25, 0.3) is 0 Å². The molecule has 114 valence electrons. The minimum atomic E-state index is -0.324. The molecule has 2 rings (SSSR count). The summed E-state index contributed by atoms with van der Waals surface area (Å²) in [5, 5.41) is 0. The van der Waals surface area contributed by atoms with Gasteiger partial charge in [-0.25, -0.2) is 4.79 Å². The van der Waals surface area contributed by atoms with Crippen LogP contribution in [0, 0.1) is 5.92 Å². The molecule has 0 saturated carbocycles. The number of piperidine rings is 1. The summed E-state index contributed by atoms with van der Waals surface area (Å²) in [6, 6.07) is 9.55. The summed E-state index contributed by atoms with van der Waals surface area (Å²) in [5.41, 5.74) is 0.961. The average molecular weight is 291 g/mol. The number of nitrogens with zero attached hydrogens (tertiary/aromatic N) is 1. The molecule has 1 amide bonds. The Labute approximate surface area is 124 Å². The largest absolute Gasteiger partial charge is 0.469 e. The van der Waals surface area contributed by atoms with Gasteiger partial charge in [0.05, 0.1) is 13.0 Å². The van der Waals surface area contributed by atoms with Crippen molar-refractivity contribution in [2.75, 3.05) is 13.7 Å². The lowest BCUT2D eigenvalue weighted by Crippen LogP contribution is -2.46. The Morgan fingerprint density at radius 1 is 1.29 bits per heavy atom. The van der Waals surface area contributed by atoms with Crippen molar-refractivity contribution < 1.29 is 19.1 Å². The highest BCUT2D eigenvalue weighted by Crippen LogP contribution is 2.24. The fourth-order valence-corrected chi connectivity index (χ4v) is 2.63. The predicted molar refractivity (Wildman–Crippen MR) is 77.5 cm³/mol. The maximum Gasteiger partial charge on any atom is 0.410 e. The molecule has 1 fully saturated rings. The van der Waals surface area contributed by atoms with Gasteiger partial charge in [0, 0.05) is 12.6 Å². The quantitative estimate of drug-likeness (QED) is 0.803. The van der Waals surface area contributed by atoms with E-state index in [0.717, 1.165) is 5.56 Å². The molecule has 2 atom stereocenters. The maximum absolute atomic E-state index is 12.1. The van der Waals surface area contributed by atoms with E-state index in [1.54, 1.807) is 4.90 Å². The molecule has 0 bridgehead atoms. The van der Waals surface area contributed by atoms with Crippen LogP contribution in [0.4, 0.5) is 4.79 Å². The van der Waals surface area contributed by atoms with Crippen LogP contribution in [0.5, 0.6) is 0 Å². The van der Waals surface area contributed by atoms with Crippen LogP contribution in [0.2, 0.25) is 0 Å². The third-order valence-electron chi connectivity index (χ3n) is 3.85. The van der Waals surface area contributed by atoms with Gasteiger partial charge in [-0.05, 0) is 25.3 Å². The molecule has 1 aromatic rings. The molecular formula is C16H21NO4. The maximum atomic E-state index is 12.1. The van der Waals surface area contributed by atoms with Gasteiger partial charge >= 0.3 is 12.1 Å². The molecule has 1 heterocycles. The highest BCUT2D eigenvalue weighted by molar-refractivity contribution is 5.73. The number of rotatable bonds is 3. The van der Waals surface area contributed by atoms with E-state index >= 15 is 0 Å². The van der Waals surface area contributed by atoms with E-state index in [4.69, 9.17) is 9.47 Å². The Morgan fingerprint density at radius 3 is 2.62 bits per heavy atom. The Kier molecular flexibility index (Phi) is 5.20. The zero-order valence-corrected chi connectivity index (χ0v) is 12.5. The molecule has 1 aliphatic heterocycles. The van der Waals surface area contributed by atoms with Crippen molar-refractivity contribution in [3.63, 3.8) is 0 Å². The topological polar surface area (TPSA) is 55.8 Å². The van der Waals surface area contributed by atoms with Gasteiger partial charge in [-0.1, -0.05) is 30.3 Å². The van der Waals surface area contributed by atoms with Gasteiger partial charge in [-0.3, -0.25) is 4.79 Å². The summed E-state index contributed by atoms with van der Waals surface area (Å²) >= 11 is 0. The SMILES string of the molecule is COC(=O)C1CCN(C(=O)OCc2ccccc2)[C@@H](C)C1. The molecule has 0 aliphatic carbocycles. The van der Waals surface area contributed by atoms with Gasteiger partial charge in [0.2, 0.25) is 0 Å². The first-order chi connectivity index (χ1) is 10.1. The molecule has 5 heteroatoms. The second-order valence-corrected chi connectivity index (χ2v) is 5.33. The minimum absolute atomic E-state index is 0.0221. The van der Waals surface area contributed by atoms with Crippen LogP contribution in [0.15, 0.2) is 30.3 Å². The lowest BCUT2D eigenvalue weighted by Gasteiger charge is -2.35. The molecule has 0 spiro atoms. The van der Waals surface area contributed by atoms with E-state index < -0.39 is 0 Å². The van der Waals surface area contributed by atoms with E-state index in [1.165, 1.54) is 7.11 Å². The molecule has 0 radical (unpaired) electrons. The number of hydrogen-bond donors (Lipinski definition) is 0. The standard InChI is InChI=1S/C16H21NO4/c1-12-10-14(15(18)20-2)8-9-17(12)16(19)21-11-13-6-4-3-5-7-13/h3-7,12,14H,8-11H2,1-2H3/t12-,14?/m0/s1. The smallest absolute Gasteiger partial charge is 0.410 e. The van der Waals surface area contributed by atoms with Crippen molar-refractivity contribution in [2.45, 2.75) is 32.4 Å². The number of likely N-dealkylation sites (tertiary alicyclic amines) is 1. The zero-order valence-electron chi connectivity index (χ0n) is 12.5. The second-order valence-electron chi connectivity index (χ2n) is 5.33. The van der Waals surface area contributed by atoms with Crippen LogP contribution >= 0.6 is 0 Å². The summed E-state index contributed by atoms with van der Waals surface area (Å²) in [4.78, 5) is 25.3. The Hall–Kier alpha value is -2.04. The molecular weight excluding hydrogens is 270 g/mol. The number of ether oxygens (including phenoxy) is 2. The number of hydrogen-bond acceptors (Lipinski definition) is 4. The molecule has 1 unspecified atom stereocenters. The summed E-state index contributed by atoms with van der Waals surface area (Å²) in [7, 11) is 1.40. The second kappa shape index (κ2) is 7.11. The molecule has 21 heavy (non-hydrogen) atoms. The van der Waals surface area contributed by atoms with Gasteiger partial charge in [-0.15, -0.1) is 0 Å². The summed E-state index contributed by atoms with van der Waals surface area (Å²) in [6.45, 7) is 2.72. The molecule has 0 N–H and O–H groups in total. The average Bonchev–Trinajstić information content (AvgIpc) is 2.52. The fraction of sp³-hybridized carbons (Fsp3) is 0.500. The van der Waals surface area contributed by atoms with E-state index in [2.05, 4.69) is 0 Å². The molecule has 1 aliphatic rings. The molecule has 5 nitrogen and oxygen atoms in total. The predicted octanol–water partition coefficient (Wildman–Crippen LogP) is 2.60. The first-order valence-corrected chi connectivity index (χ1v) is 7.17. The van der Waals surface area contributed by atoms with Crippen LogP contribution in [0.1, 0.15) is 25.3 Å². The van der Waals surface area contributed by atoms with Crippen LogP contribution in [-0.2, 0) is 20.9 Å². The summed E-state index contributed by atoms with van der Waals surface area (Å²) in [5.74, 6) is -0.317. The molecule has 0 aromatic heterocycles. The first-order valence-electron chi connectivity index (χ1n) is 7.17. The zero-order chi connectivity index (χ0) is 15.2. The van der Waals surface area contributed by atoms with Gasteiger partial charge < -0.3 is 14.4 Å². The van der Waals surface area contributed by atoms with E-state index in [0.29, 0.717) is 19.4 Å². The minimum Gasteiger partial charge on any atom is -0.469 e. The van der Waals surface area contributed by atoms with Crippen molar-refractivity contribution >= 4 is 12.1 Å². The molecule has 1 saturated heterocycles. The van der Waals surface area contributed by atoms with Crippen LogP contribution in [0.3, 0.4) is 0 Å². The molecule has 1 aromatic carbocycles. The monoisotopic (exact) mass is 291 g/mol. The van der Waals surface area contributed by atoms with Gasteiger partial charge in [0.1, 0.15) is 6.61 Å². The lowest BCUT2D eigenvalue weighted by atomic mass is 9.92.